The zero-order valence-corrected chi connectivity index (χ0v) is 56.8. The molecule has 17 rings (SSSR count). The van der Waals surface area contributed by atoms with Crippen LogP contribution in [0.25, 0.3) is 135 Å². The van der Waals surface area contributed by atoms with E-state index < -0.39 is 0 Å². The van der Waals surface area contributed by atoms with E-state index >= 15 is 0 Å². The maximum Gasteiger partial charge on any atom is 0.0541 e. The van der Waals surface area contributed by atoms with Gasteiger partial charge >= 0.3 is 0 Å². The minimum absolute atomic E-state index is 0.101. The fourth-order valence-corrected chi connectivity index (χ4v) is 16.5. The van der Waals surface area contributed by atoms with Crippen LogP contribution in [0, 0.1) is 0 Å². The van der Waals surface area contributed by atoms with Crippen molar-refractivity contribution in [2.75, 3.05) is 0 Å². The van der Waals surface area contributed by atoms with Gasteiger partial charge in [0.05, 0.1) is 22.1 Å². The number of hydrogen-bond acceptors (Lipinski definition) is 0. The quantitative estimate of drug-likeness (QED) is 0.134. The molecule has 462 valence electrons. The zero-order chi connectivity index (χ0) is 65.2. The van der Waals surface area contributed by atoms with Gasteiger partial charge in [0.15, 0.2) is 0 Å². The number of fused-ring (bicyclic) bond motifs is 15. The molecule has 0 atom stereocenters. The summed E-state index contributed by atoms with van der Waals surface area (Å²) in [4.78, 5) is 0. The van der Waals surface area contributed by atoms with E-state index in [9.17, 15) is 0 Å². The Kier molecular flexibility index (Phi) is 12.9. The van der Waals surface area contributed by atoms with E-state index in [-0.39, 0.29) is 27.1 Å². The number of benzene rings is 12. The zero-order valence-electron chi connectivity index (χ0n) is 56.8. The molecule has 2 heteroatoms. The molecular formula is C93H80N2. The van der Waals surface area contributed by atoms with Crippen LogP contribution in [0.1, 0.15) is 150 Å². The van der Waals surface area contributed by atoms with Gasteiger partial charge in [-0.05, 0) is 206 Å². The first-order valence-corrected chi connectivity index (χ1v) is 34.1. The SMILES string of the molecule is CC(C)(C)c1ccc(-n2c3ccccc3c3cc(-c4ccc5c(c4)C(C)(C)c4cc(/C=C/c6ccc7c(c6)C(C)(C)c6cc(/C=C/c8ccc9c(c8)C(C)(C)c8cc(-c%10ccc%11c(c%10)c%10ccccc%10n%11-c%10ccc(C(C)(C)C)cc%10)ccc8-9)ccc6-7)ccc4-5)ccc32)cc1. The highest BCUT2D eigenvalue weighted by molar-refractivity contribution is 6.12. The third-order valence-corrected chi connectivity index (χ3v) is 22.1. The first-order chi connectivity index (χ1) is 45.6. The minimum atomic E-state index is -0.165. The largest absolute Gasteiger partial charge is 0.309 e. The summed E-state index contributed by atoms with van der Waals surface area (Å²) in [5.41, 5.74) is 35.8. The maximum absolute atomic E-state index is 2.46. The van der Waals surface area contributed by atoms with Gasteiger partial charge in [-0.25, -0.2) is 0 Å². The Morgan fingerprint density at radius 3 is 0.832 bits per heavy atom. The summed E-state index contributed by atoms with van der Waals surface area (Å²) in [5.74, 6) is 0. The third kappa shape index (κ3) is 9.26. The normalized spacial score (nSPS) is 14.9. The molecule has 0 unspecified atom stereocenters. The lowest BCUT2D eigenvalue weighted by Crippen LogP contribution is -2.15. The van der Waals surface area contributed by atoms with E-state index in [1.807, 2.05) is 0 Å². The van der Waals surface area contributed by atoms with Gasteiger partial charge in [-0.3, -0.25) is 0 Å². The van der Waals surface area contributed by atoms with Crippen LogP contribution in [0.4, 0.5) is 0 Å². The topological polar surface area (TPSA) is 9.86 Å². The van der Waals surface area contributed by atoms with Gasteiger partial charge in [0, 0.05) is 49.2 Å². The van der Waals surface area contributed by atoms with Crippen molar-refractivity contribution in [2.45, 2.75) is 110 Å². The molecule has 0 radical (unpaired) electrons. The predicted molar refractivity (Wildman–Crippen MR) is 407 cm³/mol. The van der Waals surface area contributed by atoms with E-state index in [0.29, 0.717) is 0 Å². The van der Waals surface area contributed by atoms with Crippen LogP contribution in [-0.4, -0.2) is 9.13 Å². The van der Waals surface area contributed by atoms with Crippen molar-refractivity contribution in [1.29, 1.82) is 0 Å². The summed E-state index contributed by atoms with van der Waals surface area (Å²) in [6, 6.07) is 92.6. The summed E-state index contributed by atoms with van der Waals surface area (Å²) in [6.45, 7) is 28.0. The average Bonchev–Trinajstić information content (AvgIpc) is 1.60. The molecule has 0 fully saturated rings. The predicted octanol–water partition coefficient (Wildman–Crippen LogP) is 25.1. The van der Waals surface area contributed by atoms with Crippen LogP contribution in [0.5, 0.6) is 0 Å². The molecule has 0 bridgehead atoms. The average molecular weight is 1230 g/mol. The van der Waals surface area contributed by atoms with Crippen LogP contribution in [0.2, 0.25) is 0 Å². The summed E-state index contributed by atoms with van der Waals surface area (Å²) in [6.07, 6.45) is 9.22. The van der Waals surface area contributed by atoms with Gasteiger partial charge in [-0.15, -0.1) is 0 Å². The Labute approximate surface area is 560 Å². The smallest absolute Gasteiger partial charge is 0.0541 e. The number of rotatable bonds is 8. The van der Waals surface area contributed by atoms with Gasteiger partial charge < -0.3 is 9.13 Å². The van der Waals surface area contributed by atoms with Crippen LogP contribution >= 0.6 is 0 Å². The molecule has 0 spiro atoms. The Hall–Kier alpha value is -10.3. The van der Waals surface area contributed by atoms with Crippen LogP contribution in [0.3, 0.4) is 0 Å². The molecule has 0 saturated carbocycles. The van der Waals surface area contributed by atoms with E-state index in [1.165, 1.54) is 177 Å². The van der Waals surface area contributed by atoms with Crippen molar-refractivity contribution in [3.63, 3.8) is 0 Å². The number of hydrogen-bond donors (Lipinski definition) is 0. The number of para-hydroxylation sites is 2. The number of nitrogens with zero attached hydrogens (tertiary/aromatic N) is 2. The van der Waals surface area contributed by atoms with Crippen molar-refractivity contribution < 1.29 is 0 Å². The van der Waals surface area contributed by atoms with E-state index in [0.717, 1.165) is 0 Å². The Morgan fingerprint density at radius 2 is 0.516 bits per heavy atom. The highest BCUT2D eigenvalue weighted by atomic mass is 15.0. The van der Waals surface area contributed by atoms with Gasteiger partial charge in [0.1, 0.15) is 0 Å². The first kappa shape index (κ1) is 58.5. The first-order valence-electron chi connectivity index (χ1n) is 34.1. The monoisotopic (exact) mass is 1220 g/mol. The lowest BCUT2D eigenvalue weighted by atomic mass is 9.81. The Bertz CT molecular complexity index is 5260. The molecule has 0 N–H and O–H groups in total. The van der Waals surface area contributed by atoms with Gasteiger partial charge in [-0.2, -0.15) is 0 Å². The van der Waals surface area contributed by atoms with Crippen molar-refractivity contribution in [3.8, 4) is 67.0 Å². The third-order valence-electron chi connectivity index (χ3n) is 22.1. The molecule has 0 aliphatic heterocycles. The minimum Gasteiger partial charge on any atom is -0.309 e. The fourth-order valence-electron chi connectivity index (χ4n) is 16.5. The second-order valence-electron chi connectivity index (χ2n) is 31.0. The summed E-state index contributed by atoms with van der Waals surface area (Å²) < 4.78 is 4.85. The second-order valence-corrected chi connectivity index (χ2v) is 31.0. The Morgan fingerprint density at radius 1 is 0.253 bits per heavy atom. The molecule has 3 aliphatic rings. The molecule has 14 aromatic rings. The molecule has 0 amide bonds. The molecular weight excluding hydrogens is 1150 g/mol. The lowest BCUT2D eigenvalue weighted by Gasteiger charge is -2.22. The second kappa shape index (κ2) is 20.9. The molecule has 0 saturated heterocycles. The van der Waals surface area contributed by atoms with Crippen LogP contribution in [-0.2, 0) is 27.1 Å². The van der Waals surface area contributed by atoms with E-state index in [2.05, 4.69) is 359 Å². The highest BCUT2D eigenvalue weighted by Gasteiger charge is 2.39. The van der Waals surface area contributed by atoms with E-state index in [1.54, 1.807) is 0 Å². The van der Waals surface area contributed by atoms with E-state index in [4.69, 9.17) is 0 Å². The molecule has 2 heterocycles. The van der Waals surface area contributed by atoms with Crippen LogP contribution < -0.4 is 0 Å². The maximum atomic E-state index is 2.46. The van der Waals surface area contributed by atoms with Gasteiger partial charge in [0.25, 0.3) is 0 Å². The van der Waals surface area contributed by atoms with Gasteiger partial charge in [0.2, 0.25) is 0 Å². The molecule has 95 heavy (non-hydrogen) atoms. The molecule has 2 nitrogen and oxygen atoms in total. The Balaban J connectivity index is 0.593. The molecule has 2 aromatic heterocycles. The van der Waals surface area contributed by atoms with Crippen molar-refractivity contribution >= 4 is 67.9 Å². The highest BCUT2D eigenvalue weighted by Crippen LogP contribution is 2.54. The number of aromatic nitrogens is 2. The van der Waals surface area contributed by atoms with Gasteiger partial charge in [-0.1, -0.05) is 277 Å². The standard InChI is InChI=1S/C93H80N2/c1-89(2,3)65-33-37-67(38-34-65)94-85-19-15-13-17-75(85)77-53-61(31-47-87(77)94)63-29-45-73-71-43-27-59(51-81(71)92(9,10)83(73)55-63)23-21-57-25-41-69-70-42-26-58(50-80(70)91(7,8)79(69)49-57)22-24-60-28-44-72-74-46-30-64(56-84(74)93(11,12)82(72)52-60)62-32-48-88-78(54-62)76-18-14-16-20-86(76)95(88)68-39-35-66(36-40-68)90(4,5)6/h13-56H,1-12H3/b23-21+,24-22+. The molecule has 3 aliphatic carbocycles. The summed E-state index contributed by atoms with van der Waals surface area (Å²) in [5, 5.41) is 5.09. The fraction of sp³-hybridized carbons (Fsp3) is 0.183. The molecule has 12 aromatic carbocycles. The summed E-state index contributed by atoms with van der Waals surface area (Å²) >= 11 is 0. The van der Waals surface area contributed by atoms with Crippen LogP contribution in [0.15, 0.2) is 243 Å². The summed E-state index contributed by atoms with van der Waals surface area (Å²) in [7, 11) is 0. The van der Waals surface area contributed by atoms with Crippen molar-refractivity contribution in [1.82, 2.24) is 9.13 Å². The van der Waals surface area contributed by atoms with Crippen molar-refractivity contribution in [2.24, 2.45) is 0 Å². The lowest BCUT2D eigenvalue weighted by molar-refractivity contribution is 0.590. The van der Waals surface area contributed by atoms with Crippen molar-refractivity contribution in [3.05, 3.63) is 309 Å².